The molecule has 0 bridgehead atoms. The quantitative estimate of drug-likeness (QED) is 0.882. The van der Waals surface area contributed by atoms with Gasteiger partial charge >= 0.3 is 5.97 Å². The van der Waals surface area contributed by atoms with Crippen LogP contribution in [0, 0.1) is 6.92 Å². The van der Waals surface area contributed by atoms with Crippen molar-refractivity contribution in [3.05, 3.63) is 65.2 Å². The first-order valence-electron chi connectivity index (χ1n) is 7.97. The van der Waals surface area contributed by atoms with Crippen LogP contribution in [0.5, 0.6) is 5.75 Å². The third-order valence-electron chi connectivity index (χ3n) is 4.21. The molecular formula is C19H21NO4. The number of ether oxygens (including phenoxy) is 1. The normalized spacial score (nSPS) is 20.9. The topological polar surface area (TPSA) is 70.0 Å². The summed E-state index contributed by atoms with van der Waals surface area (Å²) in [6, 6.07) is 14.7. The molecule has 126 valence electrons. The van der Waals surface area contributed by atoms with Crippen LogP contribution in [0.1, 0.15) is 21.5 Å². The SMILES string of the molecule is Cc1ccc(CN2C[C@@H](O)[C@H](Oc3cccc(C(=O)O)c3)C2)cc1. The molecule has 2 N–H and O–H groups in total. The van der Waals surface area contributed by atoms with E-state index in [9.17, 15) is 9.90 Å². The molecule has 3 rings (SSSR count). The number of carboxylic acids is 1. The zero-order valence-corrected chi connectivity index (χ0v) is 13.6. The summed E-state index contributed by atoms with van der Waals surface area (Å²) in [6.45, 7) is 3.95. The molecule has 1 aliphatic rings. The molecule has 2 aromatic carbocycles. The number of carboxylic acid groups (broad SMARTS) is 1. The van der Waals surface area contributed by atoms with Gasteiger partial charge in [0.05, 0.1) is 5.56 Å². The Morgan fingerprint density at radius 2 is 1.96 bits per heavy atom. The van der Waals surface area contributed by atoms with Crippen LogP contribution >= 0.6 is 0 Å². The number of hydrogen-bond acceptors (Lipinski definition) is 4. The highest BCUT2D eigenvalue weighted by atomic mass is 16.5. The monoisotopic (exact) mass is 327 g/mol. The fraction of sp³-hybridized carbons (Fsp3) is 0.316. The summed E-state index contributed by atoms with van der Waals surface area (Å²) >= 11 is 0. The van der Waals surface area contributed by atoms with Gasteiger partial charge in [-0.05, 0) is 30.7 Å². The molecule has 2 atom stereocenters. The Morgan fingerprint density at radius 1 is 1.21 bits per heavy atom. The van der Waals surface area contributed by atoms with Crippen molar-refractivity contribution in [3.8, 4) is 5.75 Å². The highest BCUT2D eigenvalue weighted by Crippen LogP contribution is 2.21. The summed E-state index contributed by atoms with van der Waals surface area (Å²) in [7, 11) is 0. The molecule has 5 heteroatoms. The number of aliphatic hydroxyl groups is 1. The third-order valence-corrected chi connectivity index (χ3v) is 4.21. The molecule has 0 saturated carbocycles. The number of nitrogens with zero attached hydrogens (tertiary/aromatic N) is 1. The van der Waals surface area contributed by atoms with Crippen LogP contribution in [0.2, 0.25) is 0 Å². The smallest absolute Gasteiger partial charge is 0.335 e. The van der Waals surface area contributed by atoms with Crippen molar-refractivity contribution in [2.24, 2.45) is 0 Å². The molecule has 5 nitrogen and oxygen atoms in total. The molecule has 2 aromatic rings. The summed E-state index contributed by atoms with van der Waals surface area (Å²) < 4.78 is 5.81. The van der Waals surface area contributed by atoms with Gasteiger partial charge in [-0.1, -0.05) is 35.9 Å². The van der Waals surface area contributed by atoms with Crippen LogP contribution in [0.25, 0.3) is 0 Å². The molecule has 0 aromatic heterocycles. The summed E-state index contributed by atoms with van der Waals surface area (Å²) in [4.78, 5) is 13.2. The minimum atomic E-state index is -0.992. The van der Waals surface area contributed by atoms with E-state index in [1.165, 1.54) is 23.3 Å². The van der Waals surface area contributed by atoms with Gasteiger partial charge in [0.15, 0.2) is 0 Å². The van der Waals surface area contributed by atoms with Gasteiger partial charge in [0, 0.05) is 19.6 Å². The van der Waals surface area contributed by atoms with Crippen LogP contribution in [-0.2, 0) is 6.54 Å². The lowest BCUT2D eigenvalue weighted by atomic mass is 10.1. The molecule has 0 radical (unpaired) electrons. The molecule has 0 amide bonds. The average Bonchev–Trinajstić information content (AvgIpc) is 2.89. The number of aliphatic hydroxyl groups excluding tert-OH is 1. The summed E-state index contributed by atoms with van der Waals surface area (Å²) in [5.74, 6) is -0.524. The van der Waals surface area contributed by atoms with Crippen molar-refractivity contribution in [1.82, 2.24) is 4.90 Å². The fourth-order valence-electron chi connectivity index (χ4n) is 2.91. The molecule has 1 aliphatic heterocycles. The summed E-state index contributed by atoms with van der Waals surface area (Å²) in [5, 5.41) is 19.3. The van der Waals surface area contributed by atoms with E-state index in [0.29, 0.717) is 18.8 Å². The second-order valence-electron chi connectivity index (χ2n) is 6.24. The first-order chi connectivity index (χ1) is 11.5. The van der Waals surface area contributed by atoms with Gasteiger partial charge in [0.2, 0.25) is 0 Å². The van der Waals surface area contributed by atoms with Gasteiger partial charge in [0.1, 0.15) is 18.0 Å². The Morgan fingerprint density at radius 3 is 2.67 bits per heavy atom. The second-order valence-corrected chi connectivity index (χ2v) is 6.24. The molecule has 0 aliphatic carbocycles. The highest BCUT2D eigenvalue weighted by Gasteiger charge is 2.33. The number of hydrogen-bond donors (Lipinski definition) is 2. The van der Waals surface area contributed by atoms with E-state index >= 15 is 0 Å². The number of β-amino-alcohol motifs (C(OH)–C–C–N with tert-alkyl or cyclic N) is 1. The maximum Gasteiger partial charge on any atom is 0.335 e. The maximum atomic E-state index is 11.0. The predicted octanol–water partition coefficient (Wildman–Crippen LogP) is 2.32. The number of rotatable bonds is 5. The molecule has 24 heavy (non-hydrogen) atoms. The van der Waals surface area contributed by atoms with E-state index in [1.54, 1.807) is 12.1 Å². The lowest BCUT2D eigenvalue weighted by Gasteiger charge is -2.17. The predicted molar refractivity (Wildman–Crippen MR) is 90.3 cm³/mol. The lowest BCUT2D eigenvalue weighted by Crippen LogP contribution is -2.30. The first-order valence-corrected chi connectivity index (χ1v) is 7.97. The number of benzene rings is 2. The van der Waals surface area contributed by atoms with E-state index in [2.05, 4.69) is 36.1 Å². The van der Waals surface area contributed by atoms with Crippen LogP contribution in [0.15, 0.2) is 48.5 Å². The zero-order chi connectivity index (χ0) is 17.1. The van der Waals surface area contributed by atoms with Crippen molar-refractivity contribution < 1.29 is 19.7 Å². The van der Waals surface area contributed by atoms with Crippen LogP contribution in [0.4, 0.5) is 0 Å². The van der Waals surface area contributed by atoms with Crippen LogP contribution in [0.3, 0.4) is 0 Å². The van der Waals surface area contributed by atoms with Crippen LogP contribution < -0.4 is 4.74 Å². The minimum Gasteiger partial charge on any atom is -0.486 e. The van der Waals surface area contributed by atoms with Gasteiger partial charge in [-0.2, -0.15) is 0 Å². The Hall–Kier alpha value is -2.37. The standard InChI is InChI=1S/C19H21NO4/c1-13-5-7-14(8-6-13)10-20-11-17(21)18(12-20)24-16-4-2-3-15(9-16)19(22)23/h2-9,17-18,21H,10-12H2,1H3,(H,22,23)/t17-,18-/m1/s1. The van der Waals surface area contributed by atoms with E-state index in [4.69, 9.17) is 9.84 Å². The third kappa shape index (κ3) is 3.93. The summed E-state index contributed by atoms with van der Waals surface area (Å²) in [5.41, 5.74) is 2.59. The number of likely N-dealkylation sites (tertiary alicyclic amines) is 1. The first kappa shape index (κ1) is 16.5. The van der Waals surface area contributed by atoms with E-state index in [0.717, 1.165) is 6.54 Å². The fourth-order valence-corrected chi connectivity index (χ4v) is 2.91. The van der Waals surface area contributed by atoms with E-state index < -0.39 is 12.1 Å². The molecule has 0 unspecified atom stereocenters. The van der Waals surface area contributed by atoms with E-state index in [-0.39, 0.29) is 11.7 Å². The summed E-state index contributed by atoms with van der Waals surface area (Å²) in [6.07, 6.45) is -0.955. The molecular weight excluding hydrogens is 306 g/mol. The van der Waals surface area contributed by atoms with Gasteiger partial charge < -0.3 is 14.9 Å². The molecule has 1 saturated heterocycles. The van der Waals surface area contributed by atoms with Crippen molar-refractivity contribution in [3.63, 3.8) is 0 Å². The average molecular weight is 327 g/mol. The minimum absolute atomic E-state index is 0.177. The van der Waals surface area contributed by atoms with Gasteiger partial charge in [-0.25, -0.2) is 4.79 Å². The number of aromatic carboxylic acids is 1. The molecule has 1 heterocycles. The van der Waals surface area contributed by atoms with Gasteiger partial charge in [-0.15, -0.1) is 0 Å². The van der Waals surface area contributed by atoms with Crippen molar-refractivity contribution in [1.29, 1.82) is 0 Å². The number of carbonyl (C=O) groups is 1. The van der Waals surface area contributed by atoms with Gasteiger partial charge in [0.25, 0.3) is 0 Å². The van der Waals surface area contributed by atoms with Crippen molar-refractivity contribution >= 4 is 5.97 Å². The zero-order valence-electron chi connectivity index (χ0n) is 13.6. The Bertz CT molecular complexity index is 714. The molecule has 1 fully saturated rings. The largest absolute Gasteiger partial charge is 0.486 e. The van der Waals surface area contributed by atoms with Crippen LogP contribution in [-0.4, -0.2) is 46.4 Å². The van der Waals surface area contributed by atoms with Crippen molar-refractivity contribution in [2.75, 3.05) is 13.1 Å². The second kappa shape index (κ2) is 7.03. The lowest BCUT2D eigenvalue weighted by molar-refractivity contribution is 0.0688. The Kier molecular flexibility index (Phi) is 4.83. The maximum absolute atomic E-state index is 11.0. The van der Waals surface area contributed by atoms with E-state index in [1.807, 2.05) is 0 Å². The Labute approximate surface area is 141 Å². The molecule has 0 spiro atoms. The number of aryl methyl sites for hydroxylation is 1. The highest BCUT2D eigenvalue weighted by molar-refractivity contribution is 5.88. The van der Waals surface area contributed by atoms with Crippen molar-refractivity contribution in [2.45, 2.75) is 25.7 Å². The Balaban J connectivity index is 1.62. The van der Waals surface area contributed by atoms with Gasteiger partial charge in [-0.3, -0.25) is 4.90 Å².